The summed E-state index contributed by atoms with van der Waals surface area (Å²) in [6, 6.07) is 6.23. The minimum absolute atomic E-state index is 0.234. The van der Waals surface area contributed by atoms with Crippen molar-refractivity contribution in [3.63, 3.8) is 0 Å². The van der Waals surface area contributed by atoms with Crippen molar-refractivity contribution in [3.05, 3.63) is 52.9 Å². The van der Waals surface area contributed by atoms with Gasteiger partial charge < -0.3 is 4.90 Å². The van der Waals surface area contributed by atoms with Crippen molar-refractivity contribution in [2.75, 3.05) is 31.1 Å². The van der Waals surface area contributed by atoms with Gasteiger partial charge in [-0.25, -0.2) is 18.7 Å². The second-order valence-electron chi connectivity index (χ2n) is 8.18. The molecule has 0 radical (unpaired) electrons. The largest absolute Gasteiger partial charge is 0.340 e. The van der Waals surface area contributed by atoms with Crippen LogP contribution in [0.4, 0.5) is 14.7 Å². The van der Waals surface area contributed by atoms with Gasteiger partial charge in [0.25, 0.3) is 0 Å². The molecule has 0 saturated carbocycles. The van der Waals surface area contributed by atoms with E-state index < -0.39 is 11.6 Å². The van der Waals surface area contributed by atoms with Crippen molar-refractivity contribution in [2.45, 2.75) is 39.7 Å². The molecule has 1 aromatic carbocycles. The monoisotopic (exact) mass is 372 g/mol. The van der Waals surface area contributed by atoms with Crippen LogP contribution in [0.15, 0.2) is 24.3 Å². The van der Waals surface area contributed by atoms with Crippen LogP contribution in [0.5, 0.6) is 0 Å². The molecule has 0 amide bonds. The van der Waals surface area contributed by atoms with Crippen molar-refractivity contribution >= 4 is 5.95 Å². The zero-order valence-electron chi connectivity index (χ0n) is 16.0. The maximum absolute atomic E-state index is 13.5. The summed E-state index contributed by atoms with van der Waals surface area (Å²) in [6.07, 6.45) is 3.45. The average molecular weight is 372 g/mol. The topological polar surface area (TPSA) is 32.3 Å². The number of rotatable bonds is 3. The number of nitrogens with zero attached hydrogens (tertiary/aromatic N) is 4. The highest BCUT2D eigenvalue weighted by Crippen LogP contribution is 2.40. The Bertz CT molecular complexity index is 821. The Hall–Kier alpha value is -2.08. The first kappa shape index (κ1) is 18.3. The number of anilines is 1. The summed E-state index contributed by atoms with van der Waals surface area (Å²) >= 11 is 0. The van der Waals surface area contributed by atoms with Crippen LogP contribution in [-0.2, 0) is 6.54 Å². The smallest absolute Gasteiger partial charge is 0.225 e. The van der Waals surface area contributed by atoms with E-state index in [9.17, 15) is 8.78 Å². The fraction of sp³-hybridized carbons (Fsp3) is 0.524. The Labute approximate surface area is 159 Å². The van der Waals surface area contributed by atoms with E-state index in [1.54, 1.807) is 6.07 Å². The molecule has 0 aliphatic carbocycles. The zero-order chi connectivity index (χ0) is 19.0. The lowest BCUT2D eigenvalue weighted by Crippen LogP contribution is -2.44. The number of likely N-dealkylation sites (tertiary alicyclic amines) is 1. The van der Waals surface area contributed by atoms with Gasteiger partial charge in [-0.15, -0.1) is 0 Å². The molecule has 2 aromatic rings. The number of aryl methyl sites for hydroxylation is 2. The Morgan fingerprint density at radius 3 is 2.48 bits per heavy atom. The summed E-state index contributed by atoms with van der Waals surface area (Å²) in [5.74, 6) is -0.714. The molecule has 2 saturated heterocycles. The summed E-state index contributed by atoms with van der Waals surface area (Å²) in [5, 5.41) is 0. The van der Waals surface area contributed by atoms with E-state index >= 15 is 0 Å². The number of aromatic nitrogens is 2. The molecule has 0 unspecified atom stereocenters. The SMILES string of the molecule is Cc1cc(C)nc(N2CC[C@@]3(CCCN(Cc4ccc(F)c(F)c4)C3)C2)n1. The van der Waals surface area contributed by atoms with Crippen LogP contribution >= 0.6 is 0 Å². The lowest BCUT2D eigenvalue weighted by Gasteiger charge is -2.40. The molecule has 144 valence electrons. The summed E-state index contributed by atoms with van der Waals surface area (Å²) in [6.45, 7) is 8.60. The van der Waals surface area contributed by atoms with Crippen molar-refractivity contribution in [2.24, 2.45) is 5.41 Å². The number of hydrogen-bond donors (Lipinski definition) is 0. The molecule has 1 aromatic heterocycles. The second-order valence-corrected chi connectivity index (χ2v) is 8.18. The number of piperidine rings is 1. The van der Waals surface area contributed by atoms with E-state index in [1.807, 2.05) is 19.9 Å². The van der Waals surface area contributed by atoms with Crippen LogP contribution in [0.2, 0.25) is 0 Å². The van der Waals surface area contributed by atoms with Gasteiger partial charge >= 0.3 is 0 Å². The number of benzene rings is 1. The van der Waals surface area contributed by atoms with Gasteiger partial charge in [-0.1, -0.05) is 6.07 Å². The van der Waals surface area contributed by atoms with E-state index in [0.717, 1.165) is 61.9 Å². The molecular weight excluding hydrogens is 346 g/mol. The van der Waals surface area contributed by atoms with E-state index in [1.165, 1.54) is 18.6 Å². The van der Waals surface area contributed by atoms with Crippen molar-refractivity contribution in [3.8, 4) is 0 Å². The van der Waals surface area contributed by atoms with Crippen molar-refractivity contribution in [1.29, 1.82) is 0 Å². The zero-order valence-corrected chi connectivity index (χ0v) is 16.0. The molecule has 0 N–H and O–H groups in total. The molecule has 2 aliphatic heterocycles. The lowest BCUT2D eigenvalue weighted by atomic mass is 9.79. The molecule has 1 spiro atoms. The Balaban J connectivity index is 1.45. The quantitative estimate of drug-likeness (QED) is 0.819. The number of hydrogen-bond acceptors (Lipinski definition) is 4. The van der Waals surface area contributed by atoms with Crippen LogP contribution in [0.1, 0.15) is 36.2 Å². The van der Waals surface area contributed by atoms with Gasteiger partial charge in [0.2, 0.25) is 5.95 Å². The minimum Gasteiger partial charge on any atom is -0.340 e. The minimum atomic E-state index is -0.784. The van der Waals surface area contributed by atoms with Gasteiger partial charge in [0.05, 0.1) is 0 Å². The standard InChI is InChI=1S/C21H26F2N4/c1-15-10-16(2)25-20(24-15)27-9-7-21(14-27)6-3-8-26(13-21)12-17-4-5-18(22)19(23)11-17/h4-5,10-11H,3,6-9,12-14H2,1-2H3/t21-/m1/s1. The van der Waals surface area contributed by atoms with Gasteiger partial charge in [-0.3, -0.25) is 4.90 Å². The second kappa shape index (κ2) is 7.15. The summed E-state index contributed by atoms with van der Waals surface area (Å²) < 4.78 is 26.7. The highest BCUT2D eigenvalue weighted by atomic mass is 19.2. The Kier molecular flexibility index (Phi) is 4.84. The van der Waals surface area contributed by atoms with Crippen LogP contribution in [0, 0.1) is 30.9 Å². The van der Waals surface area contributed by atoms with Crippen LogP contribution in [0.3, 0.4) is 0 Å². The molecule has 0 bridgehead atoms. The highest BCUT2D eigenvalue weighted by Gasteiger charge is 2.42. The maximum Gasteiger partial charge on any atom is 0.225 e. The summed E-state index contributed by atoms with van der Waals surface area (Å²) in [4.78, 5) is 13.9. The van der Waals surface area contributed by atoms with Crippen LogP contribution < -0.4 is 4.90 Å². The molecule has 4 nitrogen and oxygen atoms in total. The molecule has 6 heteroatoms. The van der Waals surface area contributed by atoms with Gasteiger partial charge in [0.1, 0.15) is 0 Å². The van der Waals surface area contributed by atoms with Crippen LogP contribution in [-0.4, -0.2) is 41.0 Å². The molecular formula is C21H26F2N4. The number of halogens is 2. The van der Waals surface area contributed by atoms with Crippen molar-refractivity contribution < 1.29 is 8.78 Å². The fourth-order valence-corrected chi connectivity index (χ4v) is 4.63. The molecule has 1 atom stereocenters. The Morgan fingerprint density at radius 2 is 1.74 bits per heavy atom. The predicted molar refractivity (Wildman–Crippen MR) is 102 cm³/mol. The third kappa shape index (κ3) is 3.95. The first-order chi connectivity index (χ1) is 12.9. The highest BCUT2D eigenvalue weighted by molar-refractivity contribution is 5.35. The first-order valence-corrected chi connectivity index (χ1v) is 9.66. The molecule has 27 heavy (non-hydrogen) atoms. The van der Waals surface area contributed by atoms with E-state index in [2.05, 4.69) is 19.8 Å². The lowest BCUT2D eigenvalue weighted by molar-refractivity contribution is 0.0990. The van der Waals surface area contributed by atoms with Gasteiger partial charge in [-0.2, -0.15) is 0 Å². The first-order valence-electron chi connectivity index (χ1n) is 9.66. The molecule has 4 rings (SSSR count). The third-order valence-electron chi connectivity index (χ3n) is 5.82. The summed E-state index contributed by atoms with van der Waals surface area (Å²) in [5.41, 5.74) is 3.07. The fourth-order valence-electron chi connectivity index (χ4n) is 4.63. The van der Waals surface area contributed by atoms with E-state index in [0.29, 0.717) is 6.54 Å². The molecule has 3 heterocycles. The summed E-state index contributed by atoms with van der Waals surface area (Å²) in [7, 11) is 0. The van der Waals surface area contributed by atoms with Crippen LogP contribution in [0.25, 0.3) is 0 Å². The van der Waals surface area contributed by atoms with Gasteiger partial charge in [-0.05, 0) is 63.4 Å². The van der Waals surface area contributed by atoms with Gasteiger partial charge in [0, 0.05) is 43.0 Å². The van der Waals surface area contributed by atoms with Gasteiger partial charge in [0.15, 0.2) is 11.6 Å². The molecule has 2 aliphatic rings. The average Bonchev–Trinajstić information content (AvgIpc) is 3.01. The normalized spacial score (nSPS) is 23.3. The third-order valence-corrected chi connectivity index (χ3v) is 5.82. The maximum atomic E-state index is 13.5. The Morgan fingerprint density at radius 1 is 0.963 bits per heavy atom. The predicted octanol–water partition coefficient (Wildman–Crippen LogP) is 3.86. The molecule has 2 fully saturated rings. The van der Waals surface area contributed by atoms with E-state index in [4.69, 9.17) is 0 Å². The van der Waals surface area contributed by atoms with E-state index in [-0.39, 0.29) is 5.41 Å². The van der Waals surface area contributed by atoms with Crippen molar-refractivity contribution in [1.82, 2.24) is 14.9 Å².